The molecule has 192 valence electrons. The molecule has 8 nitrogen and oxygen atoms in total. The van der Waals surface area contributed by atoms with E-state index in [1.807, 2.05) is 36.4 Å². The fraction of sp³-hybridized carbons (Fsp3) is 0.138. The summed E-state index contributed by atoms with van der Waals surface area (Å²) in [6.07, 6.45) is 1.21. The molecule has 1 fully saturated rings. The van der Waals surface area contributed by atoms with E-state index >= 15 is 0 Å². The predicted octanol–water partition coefficient (Wildman–Crippen LogP) is 5.73. The van der Waals surface area contributed by atoms with E-state index in [2.05, 4.69) is 38.5 Å². The van der Waals surface area contributed by atoms with Crippen LogP contribution in [0.2, 0.25) is 0 Å². The predicted molar refractivity (Wildman–Crippen MR) is 149 cm³/mol. The number of aromatic nitrogens is 2. The summed E-state index contributed by atoms with van der Waals surface area (Å²) in [6, 6.07) is 23.3. The minimum atomic E-state index is -0.354. The fourth-order valence-corrected chi connectivity index (χ4v) is 4.11. The van der Waals surface area contributed by atoms with Crippen LogP contribution in [0.1, 0.15) is 0 Å². The van der Waals surface area contributed by atoms with Gasteiger partial charge in [0, 0.05) is 47.5 Å². The highest BCUT2D eigenvalue weighted by atomic mass is 19.1. The summed E-state index contributed by atoms with van der Waals surface area (Å²) in [5, 5.41) is 9.24. The largest absolute Gasteiger partial charge is 0.378 e. The number of benzene rings is 3. The number of rotatable bonds is 8. The van der Waals surface area contributed by atoms with Crippen molar-refractivity contribution in [3.63, 3.8) is 0 Å². The molecule has 2 heterocycles. The standard InChI is InChI=1S/C29H27FN6O2/c1-2-28(37)32-22-8-3-6-20(16-22)26-19-27(31-23-9-4-7-21(30)17-23)35-29(34-26)33-24-10-5-11-25(18-24)36-12-14-38-15-13-36/h2-11,16-19H,1,12-15H2,(H,32,37)(H2,31,33,34,35). The van der Waals surface area contributed by atoms with Crippen molar-refractivity contribution in [2.75, 3.05) is 47.2 Å². The van der Waals surface area contributed by atoms with Crippen LogP contribution in [0.5, 0.6) is 0 Å². The van der Waals surface area contributed by atoms with Gasteiger partial charge in [-0.3, -0.25) is 4.79 Å². The number of hydrogen-bond donors (Lipinski definition) is 3. The number of amides is 1. The lowest BCUT2D eigenvalue weighted by Crippen LogP contribution is -2.36. The van der Waals surface area contributed by atoms with Gasteiger partial charge in [-0.25, -0.2) is 9.37 Å². The second-order valence-corrected chi connectivity index (χ2v) is 8.65. The molecule has 3 aromatic carbocycles. The Morgan fingerprint density at radius 2 is 1.63 bits per heavy atom. The highest BCUT2D eigenvalue weighted by Gasteiger charge is 2.13. The van der Waals surface area contributed by atoms with Crippen LogP contribution in [0.3, 0.4) is 0 Å². The molecule has 1 aromatic heterocycles. The number of ether oxygens (including phenoxy) is 1. The zero-order valence-corrected chi connectivity index (χ0v) is 20.7. The number of nitrogens with zero attached hydrogens (tertiary/aromatic N) is 3. The van der Waals surface area contributed by atoms with Crippen LogP contribution in [-0.2, 0) is 9.53 Å². The molecule has 1 amide bonds. The van der Waals surface area contributed by atoms with E-state index in [0.717, 1.165) is 30.0 Å². The third-order valence-electron chi connectivity index (χ3n) is 5.91. The lowest BCUT2D eigenvalue weighted by atomic mass is 10.1. The smallest absolute Gasteiger partial charge is 0.247 e. The van der Waals surface area contributed by atoms with Crippen LogP contribution < -0.4 is 20.9 Å². The normalized spacial score (nSPS) is 13.0. The van der Waals surface area contributed by atoms with Gasteiger partial charge in [0.05, 0.1) is 18.9 Å². The van der Waals surface area contributed by atoms with Crippen LogP contribution in [-0.4, -0.2) is 42.2 Å². The maximum absolute atomic E-state index is 13.8. The van der Waals surface area contributed by atoms with E-state index in [4.69, 9.17) is 9.72 Å². The van der Waals surface area contributed by atoms with Crippen molar-refractivity contribution >= 4 is 40.4 Å². The van der Waals surface area contributed by atoms with Crippen LogP contribution in [0.25, 0.3) is 11.3 Å². The summed E-state index contributed by atoms with van der Waals surface area (Å²) in [5.41, 5.74) is 4.45. The molecule has 0 saturated carbocycles. The van der Waals surface area contributed by atoms with E-state index in [-0.39, 0.29) is 11.7 Å². The van der Waals surface area contributed by atoms with E-state index in [1.54, 1.807) is 24.3 Å². The van der Waals surface area contributed by atoms with Crippen molar-refractivity contribution in [3.8, 4) is 11.3 Å². The van der Waals surface area contributed by atoms with Gasteiger partial charge >= 0.3 is 0 Å². The first-order chi connectivity index (χ1) is 18.6. The number of morpholine rings is 1. The van der Waals surface area contributed by atoms with Gasteiger partial charge in [0.15, 0.2) is 0 Å². The van der Waals surface area contributed by atoms with Crippen LogP contribution in [0, 0.1) is 5.82 Å². The molecule has 0 bridgehead atoms. The van der Waals surface area contributed by atoms with Gasteiger partial charge in [0.2, 0.25) is 11.9 Å². The Morgan fingerprint density at radius 3 is 2.42 bits per heavy atom. The van der Waals surface area contributed by atoms with Gasteiger partial charge < -0.3 is 25.6 Å². The lowest BCUT2D eigenvalue weighted by molar-refractivity contribution is -0.111. The molecule has 3 N–H and O–H groups in total. The van der Waals surface area contributed by atoms with E-state index in [9.17, 15) is 9.18 Å². The Balaban J connectivity index is 1.48. The number of nitrogens with one attached hydrogen (secondary N) is 3. The molecule has 1 saturated heterocycles. The van der Waals surface area contributed by atoms with Crippen molar-refractivity contribution in [2.24, 2.45) is 0 Å². The maximum atomic E-state index is 13.8. The molecule has 1 aliphatic rings. The topological polar surface area (TPSA) is 91.4 Å². The molecular weight excluding hydrogens is 483 g/mol. The Labute approximate surface area is 220 Å². The zero-order valence-electron chi connectivity index (χ0n) is 20.7. The molecule has 0 unspecified atom stereocenters. The second-order valence-electron chi connectivity index (χ2n) is 8.65. The third kappa shape index (κ3) is 6.32. The second kappa shape index (κ2) is 11.5. The van der Waals surface area contributed by atoms with Crippen LogP contribution in [0.4, 0.5) is 38.9 Å². The molecule has 1 aliphatic heterocycles. The van der Waals surface area contributed by atoms with Crippen molar-refractivity contribution < 1.29 is 13.9 Å². The summed E-state index contributed by atoms with van der Waals surface area (Å²) in [7, 11) is 0. The number of carbonyl (C=O) groups excluding carboxylic acids is 1. The Morgan fingerprint density at radius 1 is 0.895 bits per heavy atom. The first kappa shape index (κ1) is 24.9. The van der Waals surface area contributed by atoms with E-state index in [1.165, 1.54) is 18.2 Å². The number of carbonyl (C=O) groups is 1. The average molecular weight is 511 g/mol. The maximum Gasteiger partial charge on any atom is 0.247 e. The summed E-state index contributed by atoms with van der Waals surface area (Å²) >= 11 is 0. The molecule has 0 aliphatic carbocycles. The average Bonchev–Trinajstić information content (AvgIpc) is 2.94. The number of anilines is 6. The Bertz CT molecular complexity index is 1450. The molecule has 0 atom stereocenters. The van der Waals surface area contributed by atoms with E-state index < -0.39 is 0 Å². The molecular formula is C29H27FN6O2. The minimum Gasteiger partial charge on any atom is -0.378 e. The van der Waals surface area contributed by atoms with Crippen molar-refractivity contribution in [2.45, 2.75) is 0 Å². The van der Waals surface area contributed by atoms with Gasteiger partial charge in [0.25, 0.3) is 0 Å². The quantitative estimate of drug-likeness (QED) is 0.261. The summed E-state index contributed by atoms with van der Waals surface area (Å²) in [4.78, 5) is 23.4. The van der Waals surface area contributed by atoms with Gasteiger partial charge in [0.1, 0.15) is 11.6 Å². The van der Waals surface area contributed by atoms with Crippen LogP contribution in [0.15, 0.2) is 91.5 Å². The Kier molecular flexibility index (Phi) is 7.56. The summed E-state index contributed by atoms with van der Waals surface area (Å²) < 4.78 is 19.3. The minimum absolute atomic E-state index is 0.305. The first-order valence-corrected chi connectivity index (χ1v) is 12.2. The van der Waals surface area contributed by atoms with Gasteiger partial charge in [-0.1, -0.05) is 30.8 Å². The summed E-state index contributed by atoms with van der Waals surface area (Å²) in [5.74, 6) is 0.183. The van der Waals surface area contributed by atoms with Gasteiger partial charge in [-0.15, -0.1) is 0 Å². The third-order valence-corrected chi connectivity index (χ3v) is 5.91. The van der Waals surface area contributed by atoms with Crippen molar-refractivity contribution in [1.82, 2.24) is 9.97 Å². The lowest BCUT2D eigenvalue weighted by Gasteiger charge is -2.29. The highest BCUT2D eigenvalue weighted by molar-refractivity contribution is 5.99. The van der Waals surface area contributed by atoms with E-state index in [0.29, 0.717) is 42.0 Å². The molecule has 38 heavy (non-hydrogen) atoms. The first-order valence-electron chi connectivity index (χ1n) is 12.2. The molecule has 9 heteroatoms. The SMILES string of the molecule is C=CC(=O)Nc1cccc(-c2cc(Nc3cccc(F)c3)nc(Nc3cccc(N4CCOCC4)c3)n2)c1. The highest BCUT2D eigenvalue weighted by Crippen LogP contribution is 2.28. The van der Waals surface area contributed by atoms with Gasteiger partial charge in [-0.2, -0.15) is 4.98 Å². The monoisotopic (exact) mass is 510 g/mol. The zero-order chi connectivity index (χ0) is 26.3. The van der Waals surface area contributed by atoms with Crippen molar-refractivity contribution in [1.29, 1.82) is 0 Å². The summed E-state index contributed by atoms with van der Waals surface area (Å²) in [6.45, 7) is 6.55. The van der Waals surface area contributed by atoms with Crippen LogP contribution >= 0.6 is 0 Å². The number of halogens is 1. The molecule has 4 aromatic rings. The molecule has 0 spiro atoms. The van der Waals surface area contributed by atoms with Crippen molar-refractivity contribution in [3.05, 3.63) is 97.3 Å². The van der Waals surface area contributed by atoms with Gasteiger partial charge in [-0.05, 0) is 54.6 Å². The fourth-order valence-electron chi connectivity index (χ4n) is 4.11. The Hall–Kier alpha value is -4.76. The number of hydrogen-bond acceptors (Lipinski definition) is 7. The molecule has 5 rings (SSSR count). The molecule has 0 radical (unpaired) electrons.